The van der Waals surface area contributed by atoms with Crippen molar-refractivity contribution >= 4 is 46.4 Å². The molecule has 3 rings (SSSR count). The smallest absolute Gasteiger partial charge is 0.475 e. The molecule has 5 amide bonds. The first kappa shape index (κ1) is 53.5. The summed E-state index contributed by atoms with van der Waals surface area (Å²) in [6, 6.07) is 4.84. The highest BCUT2D eigenvalue weighted by molar-refractivity contribution is 6.00. The van der Waals surface area contributed by atoms with Crippen LogP contribution in [0.2, 0.25) is 0 Å². The van der Waals surface area contributed by atoms with Crippen LogP contribution in [0.25, 0.3) is 10.9 Å². The van der Waals surface area contributed by atoms with Gasteiger partial charge in [-0.15, -0.1) is 0 Å². The number of halogens is 3. The van der Waals surface area contributed by atoms with E-state index in [1.807, 2.05) is 70.1 Å². The van der Waals surface area contributed by atoms with E-state index in [1.165, 1.54) is 7.11 Å². The number of ether oxygens (including phenoxy) is 2. The summed E-state index contributed by atoms with van der Waals surface area (Å²) in [5.74, 6) is -5.57. The molecule has 0 unspecified atom stereocenters. The van der Waals surface area contributed by atoms with E-state index in [4.69, 9.17) is 25.1 Å². The standard InChI is InChI=1S/C41H67N7O7.C2HF3O2/c1-12-25(6)36(47(9)35(24(4)5)41(53)46-40(52)34(43-8)23(2)3)32(54-10)21-33(49)48-19-15-18-31(48)37(55-11)26(7)39(51)45-30(38(42)50)20-27-22-44-29-17-14-13-16-28(27)29;3-2(4,5)1(6)7/h13-14,16-17,22-26,30-32,34-37,43-44H,12,15,18-21H2,1-11H3,(H2,42,50)(H,45,51)(H,46,52,53);(H,6,7)/t25-,26+,30-,31-,32+,34-,35-,36-,37+;/m0./s1. The van der Waals surface area contributed by atoms with Crippen LogP contribution in [-0.2, 0) is 44.7 Å². The van der Waals surface area contributed by atoms with Gasteiger partial charge in [-0.05, 0) is 56.3 Å². The van der Waals surface area contributed by atoms with E-state index in [-0.39, 0.29) is 48.5 Å². The van der Waals surface area contributed by atoms with Gasteiger partial charge >= 0.3 is 12.1 Å². The number of nitrogens with zero attached hydrogens (tertiary/aromatic N) is 2. The van der Waals surface area contributed by atoms with Crippen molar-refractivity contribution < 1.29 is 56.5 Å². The summed E-state index contributed by atoms with van der Waals surface area (Å²) in [6.07, 6.45) is -2.11. The van der Waals surface area contributed by atoms with Gasteiger partial charge in [0.1, 0.15) is 6.04 Å². The second kappa shape index (κ2) is 24.3. The fourth-order valence-electron chi connectivity index (χ4n) is 8.42. The van der Waals surface area contributed by atoms with Crippen LogP contribution in [0.3, 0.4) is 0 Å². The first-order valence-corrected chi connectivity index (χ1v) is 21.0. The monoisotopic (exact) mass is 884 g/mol. The van der Waals surface area contributed by atoms with Gasteiger partial charge in [-0.2, -0.15) is 13.2 Å². The number of likely N-dealkylation sites (N-methyl/N-ethyl adjacent to an activating group) is 2. The Bertz CT molecular complexity index is 1810. The molecule has 7 N–H and O–H groups in total. The highest BCUT2D eigenvalue weighted by atomic mass is 19.4. The molecule has 350 valence electrons. The normalized spacial score (nSPS) is 18.3. The third kappa shape index (κ3) is 14.2. The molecule has 2 heterocycles. The van der Waals surface area contributed by atoms with Gasteiger partial charge in [0.2, 0.25) is 29.5 Å². The number of carbonyl (C=O) groups is 6. The lowest BCUT2D eigenvalue weighted by Crippen LogP contribution is -2.60. The molecule has 1 saturated heterocycles. The Labute approximate surface area is 362 Å². The van der Waals surface area contributed by atoms with Crippen LogP contribution >= 0.6 is 0 Å². The fourth-order valence-corrected chi connectivity index (χ4v) is 8.42. The Balaban J connectivity index is 0.00000173. The van der Waals surface area contributed by atoms with Crippen LogP contribution in [0.5, 0.6) is 0 Å². The number of likely N-dealkylation sites (tertiary alicyclic amines) is 1. The van der Waals surface area contributed by atoms with Crippen molar-refractivity contribution in [1.82, 2.24) is 30.7 Å². The minimum atomic E-state index is -5.08. The fraction of sp³-hybridized carbons (Fsp3) is 0.674. The number of H-pyrrole nitrogens is 1. The number of para-hydroxylation sites is 1. The van der Waals surface area contributed by atoms with Crippen LogP contribution in [-0.4, -0.2) is 139 Å². The number of aromatic amines is 1. The average molecular weight is 884 g/mol. The van der Waals surface area contributed by atoms with Crippen molar-refractivity contribution in [2.75, 3.05) is 34.9 Å². The molecule has 1 fully saturated rings. The van der Waals surface area contributed by atoms with Crippen molar-refractivity contribution in [1.29, 1.82) is 0 Å². The van der Waals surface area contributed by atoms with Crippen molar-refractivity contribution in [2.45, 2.75) is 129 Å². The maximum atomic E-state index is 14.3. The number of fused-ring (bicyclic) bond motifs is 1. The molecular formula is C43H68F3N7O9. The van der Waals surface area contributed by atoms with E-state index < -0.39 is 72.2 Å². The third-order valence-electron chi connectivity index (χ3n) is 11.8. The number of carboxylic acids is 1. The number of carboxylic acid groups (broad SMARTS) is 1. The van der Waals surface area contributed by atoms with Gasteiger partial charge in [-0.3, -0.25) is 34.2 Å². The van der Waals surface area contributed by atoms with Gasteiger partial charge in [0.15, 0.2) is 0 Å². The minimum absolute atomic E-state index is 0.0164. The molecule has 1 aliphatic heterocycles. The second-order valence-electron chi connectivity index (χ2n) is 16.7. The lowest BCUT2D eigenvalue weighted by atomic mass is 9.87. The maximum Gasteiger partial charge on any atom is 0.490 e. The number of aliphatic carboxylic acids is 1. The lowest BCUT2D eigenvalue weighted by Gasteiger charge is -2.43. The van der Waals surface area contributed by atoms with Gasteiger partial charge in [-0.25, -0.2) is 4.79 Å². The van der Waals surface area contributed by atoms with Gasteiger partial charge in [0, 0.05) is 50.3 Å². The Morgan fingerprint density at radius 3 is 2.10 bits per heavy atom. The van der Waals surface area contributed by atoms with E-state index in [2.05, 4.69) is 34.8 Å². The van der Waals surface area contributed by atoms with Crippen LogP contribution in [0.4, 0.5) is 13.2 Å². The quantitative estimate of drug-likeness (QED) is 0.106. The number of rotatable bonds is 21. The number of alkyl halides is 3. The van der Waals surface area contributed by atoms with Gasteiger partial charge < -0.3 is 40.8 Å². The number of imide groups is 1. The summed E-state index contributed by atoms with van der Waals surface area (Å²) < 4.78 is 43.7. The summed E-state index contributed by atoms with van der Waals surface area (Å²) in [5.41, 5.74) is 7.56. The number of nitrogens with two attached hydrogens (primary N) is 1. The number of carbonyl (C=O) groups excluding carboxylic acids is 5. The molecule has 2 aromatic rings. The number of aromatic nitrogens is 1. The molecule has 16 nitrogen and oxygen atoms in total. The van der Waals surface area contributed by atoms with E-state index in [0.29, 0.717) is 13.0 Å². The van der Waals surface area contributed by atoms with E-state index in [0.717, 1.165) is 29.3 Å². The predicted molar refractivity (Wildman–Crippen MR) is 227 cm³/mol. The molecular weight excluding hydrogens is 816 g/mol. The molecule has 0 radical (unpaired) electrons. The lowest BCUT2D eigenvalue weighted by molar-refractivity contribution is -0.192. The Hall–Kier alpha value is -4.59. The van der Waals surface area contributed by atoms with Crippen molar-refractivity contribution in [3.8, 4) is 0 Å². The number of hydrogen-bond acceptors (Lipinski definition) is 10. The van der Waals surface area contributed by atoms with Crippen LogP contribution in [0, 0.1) is 23.7 Å². The van der Waals surface area contributed by atoms with E-state index >= 15 is 0 Å². The molecule has 0 bridgehead atoms. The van der Waals surface area contributed by atoms with Crippen LogP contribution < -0.4 is 21.7 Å². The summed E-state index contributed by atoms with van der Waals surface area (Å²) >= 11 is 0. The minimum Gasteiger partial charge on any atom is -0.475 e. The number of benzene rings is 1. The van der Waals surface area contributed by atoms with Crippen molar-refractivity contribution in [3.05, 3.63) is 36.0 Å². The first-order valence-electron chi connectivity index (χ1n) is 21.0. The average Bonchev–Trinajstić information content (AvgIpc) is 3.85. The highest BCUT2D eigenvalue weighted by Gasteiger charge is 2.44. The molecule has 1 aliphatic rings. The largest absolute Gasteiger partial charge is 0.490 e. The summed E-state index contributed by atoms with van der Waals surface area (Å²) in [5, 5.41) is 16.6. The second-order valence-corrected chi connectivity index (χ2v) is 16.7. The number of amides is 5. The van der Waals surface area contributed by atoms with Gasteiger partial charge in [-0.1, -0.05) is 73.1 Å². The molecule has 0 saturated carbocycles. The Morgan fingerprint density at radius 1 is 0.984 bits per heavy atom. The number of nitrogens with one attached hydrogen (secondary N) is 4. The number of methoxy groups -OCH3 is 2. The molecule has 0 spiro atoms. The Kier molecular flexibility index (Phi) is 21.0. The number of primary amides is 1. The topological polar surface area (TPSA) is 225 Å². The summed E-state index contributed by atoms with van der Waals surface area (Å²) in [7, 11) is 6.66. The summed E-state index contributed by atoms with van der Waals surface area (Å²) in [4.78, 5) is 83.2. The Morgan fingerprint density at radius 2 is 1.60 bits per heavy atom. The molecule has 62 heavy (non-hydrogen) atoms. The molecule has 1 aromatic heterocycles. The van der Waals surface area contributed by atoms with Gasteiger partial charge in [0.05, 0.1) is 42.7 Å². The maximum absolute atomic E-state index is 14.3. The first-order chi connectivity index (χ1) is 29.0. The predicted octanol–water partition coefficient (Wildman–Crippen LogP) is 3.62. The zero-order valence-electron chi connectivity index (χ0n) is 37.8. The van der Waals surface area contributed by atoms with Crippen molar-refractivity contribution in [3.63, 3.8) is 0 Å². The zero-order chi connectivity index (χ0) is 47.2. The van der Waals surface area contributed by atoms with Crippen LogP contribution in [0.1, 0.15) is 79.7 Å². The molecule has 9 atom stereocenters. The molecule has 1 aromatic carbocycles. The highest BCUT2D eigenvalue weighted by Crippen LogP contribution is 2.31. The van der Waals surface area contributed by atoms with E-state index in [9.17, 15) is 37.1 Å². The molecule has 0 aliphatic carbocycles. The van der Waals surface area contributed by atoms with Crippen molar-refractivity contribution in [2.24, 2.45) is 29.4 Å². The van der Waals surface area contributed by atoms with E-state index in [1.54, 1.807) is 26.0 Å². The summed E-state index contributed by atoms with van der Waals surface area (Å²) in [6.45, 7) is 14.1. The molecule has 19 heteroatoms. The SMILES string of the molecule is CC[C@H](C)[C@@H]([C@@H](CC(=O)N1CCC[C@H]1[C@H](OC)[C@@H](C)C(=O)N[C@@H](Cc1c[nH]c2ccccc12)C(N)=O)OC)N(C)[C@H](C(=O)NC(=O)[C@@H](NC)C(C)C)C(C)C.O=C(O)C(F)(F)F. The third-order valence-corrected chi connectivity index (χ3v) is 11.8. The van der Waals surface area contributed by atoms with Crippen LogP contribution in [0.15, 0.2) is 30.5 Å². The zero-order valence-corrected chi connectivity index (χ0v) is 37.8. The van der Waals surface area contributed by atoms with Gasteiger partial charge in [0.25, 0.3) is 0 Å². The number of hydrogen-bond donors (Lipinski definition) is 6.